The van der Waals surface area contributed by atoms with Gasteiger partial charge in [0.25, 0.3) is 0 Å². The fraction of sp³-hybridized carbons (Fsp3) is 0.704. The van der Waals surface area contributed by atoms with Crippen LogP contribution in [0.5, 0.6) is 0 Å². The van der Waals surface area contributed by atoms with E-state index in [1.807, 2.05) is 18.2 Å². The molecule has 32 heavy (non-hydrogen) atoms. The maximum absolute atomic E-state index is 11.2. The normalized spacial score (nSPS) is 12.9. The van der Waals surface area contributed by atoms with E-state index in [9.17, 15) is 9.59 Å². The summed E-state index contributed by atoms with van der Waals surface area (Å²) in [5.41, 5.74) is 1.16. The monoisotopic (exact) mass is 448 g/mol. The molecule has 0 amide bonds. The zero-order valence-corrected chi connectivity index (χ0v) is 20.2. The van der Waals surface area contributed by atoms with Gasteiger partial charge in [-0.2, -0.15) is 0 Å². The van der Waals surface area contributed by atoms with Crippen LogP contribution in [0.3, 0.4) is 0 Å². The lowest BCUT2D eigenvalue weighted by Gasteiger charge is -2.18. The molecule has 0 aliphatic heterocycles. The summed E-state index contributed by atoms with van der Waals surface area (Å²) >= 11 is 0. The van der Waals surface area contributed by atoms with Crippen molar-refractivity contribution in [1.29, 1.82) is 0 Å². The number of hydrogen-bond acceptors (Lipinski definition) is 4. The quantitative estimate of drug-likeness (QED) is 0.171. The van der Waals surface area contributed by atoms with Crippen LogP contribution in [0.1, 0.15) is 109 Å². The Balaban J connectivity index is 2.15. The summed E-state index contributed by atoms with van der Waals surface area (Å²) < 4.78 is 11.5. The molecule has 0 heterocycles. The first-order valence-electron chi connectivity index (χ1n) is 12.6. The highest BCUT2D eigenvalue weighted by molar-refractivity contribution is 5.66. The Morgan fingerprint density at radius 2 is 1.38 bits per heavy atom. The maximum atomic E-state index is 11.2. The van der Waals surface area contributed by atoms with Crippen molar-refractivity contribution in [2.75, 3.05) is 0 Å². The van der Waals surface area contributed by atoms with E-state index in [-0.39, 0.29) is 24.6 Å². The number of rotatable bonds is 20. The van der Waals surface area contributed by atoms with Crippen LogP contribution in [0.2, 0.25) is 0 Å². The Labute approximate surface area is 194 Å². The van der Waals surface area contributed by atoms with Gasteiger partial charge in [0, 0.05) is 13.3 Å². The van der Waals surface area contributed by atoms with Crippen molar-refractivity contribution in [3.05, 3.63) is 35.9 Å². The summed E-state index contributed by atoms with van der Waals surface area (Å²) in [5.74, 6) is -0.904. The van der Waals surface area contributed by atoms with Gasteiger partial charge < -0.3 is 14.6 Å². The summed E-state index contributed by atoms with van der Waals surface area (Å²) in [6, 6.07) is 10.1. The number of carbonyl (C=O) groups is 2. The molecule has 1 aromatic carbocycles. The van der Waals surface area contributed by atoms with E-state index < -0.39 is 5.97 Å². The second kappa shape index (κ2) is 18.7. The van der Waals surface area contributed by atoms with Crippen molar-refractivity contribution in [2.45, 2.75) is 123 Å². The molecule has 0 bridgehead atoms. The molecule has 0 aliphatic rings. The first-order valence-corrected chi connectivity index (χ1v) is 12.6. The average molecular weight is 449 g/mol. The first-order chi connectivity index (χ1) is 15.5. The van der Waals surface area contributed by atoms with Gasteiger partial charge in [0.05, 0.1) is 12.7 Å². The topological polar surface area (TPSA) is 72.8 Å². The third-order valence-corrected chi connectivity index (χ3v) is 5.74. The molecule has 2 atom stereocenters. The van der Waals surface area contributed by atoms with E-state index in [0.717, 1.165) is 50.5 Å². The highest BCUT2D eigenvalue weighted by atomic mass is 16.5. The Morgan fingerprint density at radius 3 is 1.94 bits per heavy atom. The molecule has 0 fully saturated rings. The standard InChI is InChI=1S/C27H44O5/c1-3-15-26(32-23(2)28)19-13-8-6-4-5-7-12-18-25(20-14-21-27(29)30)31-22-24-16-10-9-11-17-24/h9-11,16-17,25-26H,3-8,12-15,18-22H2,1-2H3,(H,29,30). The molecule has 0 saturated heterocycles. The summed E-state index contributed by atoms with van der Waals surface area (Å²) in [4.78, 5) is 22.0. The summed E-state index contributed by atoms with van der Waals surface area (Å²) in [5, 5.41) is 8.90. The van der Waals surface area contributed by atoms with E-state index in [0.29, 0.717) is 13.0 Å². The van der Waals surface area contributed by atoms with Crippen molar-refractivity contribution in [3.63, 3.8) is 0 Å². The molecule has 0 aliphatic carbocycles. The predicted octanol–water partition coefficient (Wildman–Crippen LogP) is 7.07. The van der Waals surface area contributed by atoms with Gasteiger partial charge in [-0.15, -0.1) is 0 Å². The molecule has 182 valence electrons. The summed E-state index contributed by atoms with van der Waals surface area (Å²) in [6.07, 6.45) is 14.2. The zero-order valence-electron chi connectivity index (χ0n) is 20.2. The third-order valence-electron chi connectivity index (χ3n) is 5.74. The number of esters is 1. The van der Waals surface area contributed by atoms with Crippen LogP contribution in [0.4, 0.5) is 0 Å². The minimum Gasteiger partial charge on any atom is -0.481 e. The van der Waals surface area contributed by atoms with Crippen molar-refractivity contribution in [1.82, 2.24) is 0 Å². The molecule has 0 radical (unpaired) electrons. The van der Waals surface area contributed by atoms with Gasteiger partial charge in [-0.3, -0.25) is 9.59 Å². The molecule has 5 heteroatoms. The number of hydrogen-bond donors (Lipinski definition) is 1. The van der Waals surface area contributed by atoms with Crippen LogP contribution in [-0.2, 0) is 25.7 Å². The number of aliphatic carboxylic acids is 1. The second-order valence-corrected chi connectivity index (χ2v) is 8.78. The van der Waals surface area contributed by atoms with Crippen molar-refractivity contribution < 1.29 is 24.2 Å². The molecule has 1 rings (SSSR count). The molecule has 5 nitrogen and oxygen atoms in total. The van der Waals surface area contributed by atoms with E-state index >= 15 is 0 Å². The molecule has 0 spiro atoms. The summed E-state index contributed by atoms with van der Waals surface area (Å²) in [7, 11) is 0. The zero-order chi connectivity index (χ0) is 23.4. The third kappa shape index (κ3) is 15.9. The lowest BCUT2D eigenvalue weighted by Crippen LogP contribution is -2.15. The van der Waals surface area contributed by atoms with E-state index in [1.54, 1.807) is 0 Å². The van der Waals surface area contributed by atoms with Crippen LogP contribution < -0.4 is 0 Å². The number of ether oxygens (including phenoxy) is 2. The van der Waals surface area contributed by atoms with Crippen LogP contribution in [0.25, 0.3) is 0 Å². The highest BCUT2D eigenvalue weighted by Crippen LogP contribution is 2.18. The van der Waals surface area contributed by atoms with E-state index in [2.05, 4.69) is 19.1 Å². The number of unbranched alkanes of at least 4 members (excludes halogenated alkanes) is 6. The fourth-order valence-corrected chi connectivity index (χ4v) is 4.03. The molecule has 1 aromatic rings. The Kier molecular flexibility index (Phi) is 16.4. The van der Waals surface area contributed by atoms with Crippen molar-refractivity contribution in [3.8, 4) is 0 Å². The van der Waals surface area contributed by atoms with Gasteiger partial charge in [-0.25, -0.2) is 0 Å². The number of benzene rings is 1. The van der Waals surface area contributed by atoms with Gasteiger partial charge in [0.2, 0.25) is 0 Å². The molecule has 0 aromatic heterocycles. The van der Waals surface area contributed by atoms with Gasteiger partial charge in [-0.05, 0) is 44.1 Å². The van der Waals surface area contributed by atoms with Crippen molar-refractivity contribution in [2.24, 2.45) is 0 Å². The number of carboxylic acids is 1. The fourth-order valence-electron chi connectivity index (χ4n) is 4.03. The first kappa shape index (κ1) is 28.2. The van der Waals surface area contributed by atoms with Crippen LogP contribution >= 0.6 is 0 Å². The largest absolute Gasteiger partial charge is 0.481 e. The maximum Gasteiger partial charge on any atom is 0.303 e. The van der Waals surface area contributed by atoms with Gasteiger partial charge in [-0.1, -0.05) is 82.2 Å². The van der Waals surface area contributed by atoms with Gasteiger partial charge in [0.1, 0.15) is 6.10 Å². The Hall–Kier alpha value is -1.88. The van der Waals surface area contributed by atoms with Gasteiger partial charge >= 0.3 is 11.9 Å². The SMILES string of the molecule is CCCC(CCCCCCCCCC(CCCC(=O)O)OCc1ccccc1)OC(C)=O. The Bertz CT molecular complexity index is 601. The molecule has 1 N–H and O–H groups in total. The van der Waals surface area contributed by atoms with E-state index in [1.165, 1.54) is 39.0 Å². The molecular weight excluding hydrogens is 404 g/mol. The number of carbonyl (C=O) groups excluding carboxylic acids is 1. The molecule has 2 unspecified atom stereocenters. The van der Waals surface area contributed by atoms with Crippen LogP contribution in [-0.4, -0.2) is 29.3 Å². The van der Waals surface area contributed by atoms with Crippen molar-refractivity contribution >= 4 is 11.9 Å². The lowest BCUT2D eigenvalue weighted by molar-refractivity contribution is -0.147. The molecular formula is C27H44O5. The summed E-state index contributed by atoms with van der Waals surface area (Å²) in [6.45, 7) is 4.21. The second-order valence-electron chi connectivity index (χ2n) is 8.78. The van der Waals surface area contributed by atoms with E-state index in [4.69, 9.17) is 14.6 Å². The minimum atomic E-state index is -0.735. The average Bonchev–Trinajstić information content (AvgIpc) is 2.76. The minimum absolute atomic E-state index is 0.0893. The predicted molar refractivity (Wildman–Crippen MR) is 129 cm³/mol. The smallest absolute Gasteiger partial charge is 0.303 e. The lowest BCUT2D eigenvalue weighted by atomic mass is 10.0. The Morgan fingerprint density at radius 1 is 0.812 bits per heavy atom. The van der Waals surface area contributed by atoms with Gasteiger partial charge in [0.15, 0.2) is 0 Å². The van der Waals surface area contributed by atoms with Crippen LogP contribution in [0, 0.1) is 0 Å². The number of carboxylic acid groups (broad SMARTS) is 1. The molecule has 0 saturated carbocycles. The highest BCUT2D eigenvalue weighted by Gasteiger charge is 2.12. The van der Waals surface area contributed by atoms with Crippen LogP contribution in [0.15, 0.2) is 30.3 Å².